The number of likely N-dealkylation sites (tertiary alicyclic amines) is 1. The van der Waals surface area contributed by atoms with E-state index in [1.54, 1.807) is 0 Å². The Morgan fingerprint density at radius 3 is 2.60 bits per heavy atom. The van der Waals surface area contributed by atoms with Crippen molar-refractivity contribution in [3.8, 4) is 0 Å². The summed E-state index contributed by atoms with van der Waals surface area (Å²) in [5.41, 5.74) is 5.55. The van der Waals surface area contributed by atoms with Crippen LogP contribution in [0.1, 0.15) is 39.5 Å². The largest absolute Gasteiger partial charge is 0.341 e. The summed E-state index contributed by atoms with van der Waals surface area (Å²) in [4.78, 5) is 14.2. The molecule has 2 aliphatic rings. The quantitative estimate of drug-likeness (QED) is 0.764. The summed E-state index contributed by atoms with van der Waals surface area (Å²) < 4.78 is 0. The second kappa shape index (κ2) is 3.78. The monoisotopic (exact) mass is 210 g/mol. The lowest BCUT2D eigenvalue weighted by molar-refractivity contribution is -0.136. The summed E-state index contributed by atoms with van der Waals surface area (Å²) in [6.45, 7) is 5.94. The Morgan fingerprint density at radius 1 is 1.47 bits per heavy atom. The molecule has 0 radical (unpaired) electrons. The highest BCUT2D eigenvalue weighted by molar-refractivity contribution is 5.86. The highest BCUT2D eigenvalue weighted by Crippen LogP contribution is 2.39. The first-order valence-electron chi connectivity index (χ1n) is 6.14. The third-order valence-corrected chi connectivity index (χ3v) is 4.04. The van der Waals surface area contributed by atoms with Crippen LogP contribution in [0.5, 0.6) is 0 Å². The van der Waals surface area contributed by atoms with Gasteiger partial charge in [-0.2, -0.15) is 0 Å². The van der Waals surface area contributed by atoms with Crippen LogP contribution in [0, 0.1) is 11.8 Å². The van der Waals surface area contributed by atoms with Gasteiger partial charge in [0.1, 0.15) is 0 Å². The average Bonchev–Trinajstić information content (AvgIpc) is 2.96. The van der Waals surface area contributed by atoms with Gasteiger partial charge in [0, 0.05) is 13.1 Å². The number of hydrogen-bond acceptors (Lipinski definition) is 2. The van der Waals surface area contributed by atoms with Crippen molar-refractivity contribution in [3.63, 3.8) is 0 Å². The molecular formula is C12H22N2O. The third kappa shape index (κ3) is 2.03. The van der Waals surface area contributed by atoms with Gasteiger partial charge in [-0.1, -0.05) is 13.3 Å². The van der Waals surface area contributed by atoms with Gasteiger partial charge in [0.2, 0.25) is 5.91 Å². The zero-order valence-corrected chi connectivity index (χ0v) is 9.83. The second-order valence-corrected chi connectivity index (χ2v) is 5.37. The van der Waals surface area contributed by atoms with Crippen LogP contribution in [-0.4, -0.2) is 29.4 Å². The van der Waals surface area contributed by atoms with Crippen molar-refractivity contribution in [2.45, 2.75) is 45.1 Å². The van der Waals surface area contributed by atoms with E-state index in [4.69, 9.17) is 5.73 Å². The number of hydrogen-bond donors (Lipinski definition) is 1. The summed E-state index contributed by atoms with van der Waals surface area (Å²) in [5.74, 6) is 1.32. The molecule has 2 atom stereocenters. The number of rotatable bonds is 3. The summed E-state index contributed by atoms with van der Waals surface area (Å²) >= 11 is 0. The first-order chi connectivity index (χ1) is 7.05. The Hall–Kier alpha value is -0.570. The maximum absolute atomic E-state index is 12.2. The lowest BCUT2D eigenvalue weighted by Crippen LogP contribution is -2.54. The Bertz CT molecular complexity index is 258. The zero-order valence-electron chi connectivity index (χ0n) is 9.83. The molecule has 1 amide bonds. The topological polar surface area (TPSA) is 46.3 Å². The van der Waals surface area contributed by atoms with Crippen LogP contribution in [0.2, 0.25) is 0 Å². The predicted molar refractivity (Wildman–Crippen MR) is 60.3 cm³/mol. The van der Waals surface area contributed by atoms with Crippen molar-refractivity contribution >= 4 is 5.91 Å². The Balaban J connectivity index is 1.96. The summed E-state index contributed by atoms with van der Waals surface area (Å²) in [7, 11) is 0. The summed E-state index contributed by atoms with van der Waals surface area (Å²) in [5, 5.41) is 0. The lowest BCUT2D eigenvalue weighted by atomic mass is 9.95. The Kier molecular flexibility index (Phi) is 2.75. The molecule has 0 aromatic carbocycles. The van der Waals surface area contributed by atoms with Crippen molar-refractivity contribution in [3.05, 3.63) is 0 Å². The molecule has 0 spiro atoms. The van der Waals surface area contributed by atoms with Crippen molar-refractivity contribution < 1.29 is 4.79 Å². The van der Waals surface area contributed by atoms with E-state index in [1.807, 2.05) is 11.8 Å². The SMILES string of the molecule is CCC1CCN(C(=O)C(C)(N)C2CC2)C1. The third-order valence-electron chi connectivity index (χ3n) is 4.04. The maximum atomic E-state index is 12.2. The van der Waals surface area contributed by atoms with E-state index in [0.717, 1.165) is 32.4 Å². The second-order valence-electron chi connectivity index (χ2n) is 5.37. The van der Waals surface area contributed by atoms with Crippen LogP contribution in [-0.2, 0) is 4.79 Å². The fourth-order valence-corrected chi connectivity index (χ4v) is 2.55. The molecule has 1 heterocycles. The van der Waals surface area contributed by atoms with Crippen molar-refractivity contribution in [2.75, 3.05) is 13.1 Å². The molecule has 0 bridgehead atoms. The van der Waals surface area contributed by atoms with E-state index in [1.165, 1.54) is 6.42 Å². The predicted octanol–water partition coefficient (Wildman–Crippen LogP) is 1.37. The molecule has 2 unspecified atom stereocenters. The van der Waals surface area contributed by atoms with Crippen molar-refractivity contribution in [1.29, 1.82) is 0 Å². The molecule has 2 fully saturated rings. The lowest BCUT2D eigenvalue weighted by Gasteiger charge is -2.29. The fraction of sp³-hybridized carbons (Fsp3) is 0.917. The minimum Gasteiger partial charge on any atom is -0.341 e. The van der Waals surface area contributed by atoms with Gasteiger partial charge >= 0.3 is 0 Å². The summed E-state index contributed by atoms with van der Waals surface area (Å²) in [6, 6.07) is 0. The molecule has 1 saturated heterocycles. The molecule has 1 aliphatic carbocycles. The summed E-state index contributed by atoms with van der Waals surface area (Å²) in [6.07, 6.45) is 4.59. The van der Waals surface area contributed by atoms with Crippen LogP contribution in [0.4, 0.5) is 0 Å². The molecular weight excluding hydrogens is 188 g/mol. The van der Waals surface area contributed by atoms with Gasteiger partial charge in [0.05, 0.1) is 5.54 Å². The van der Waals surface area contributed by atoms with Crippen LogP contribution in [0.25, 0.3) is 0 Å². The number of amides is 1. The number of carbonyl (C=O) groups excluding carboxylic acids is 1. The number of nitrogens with two attached hydrogens (primary N) is 1. The molecule has 0 aromatic heterocycles. The van der Waals surface area contributed by atoms with Crippen LogP contribution in [0.3, 0.4) is 0 Å². The highest BCUT2D eigenvalue weighted by Gasteiger charge is 2.46. The van der Waals surface area contributed by atoms with E-state index < -0.39 is 5.54 Å². The van der Waals surface area contributed by atoms with Crippen LogP contribution >= 0.6 is 0 Å². The van der Waals surface area contributed by atoms with Gasteiger partial charge in [-0.25, -0.2) is 0 Å². The van der Waals surface area contributed by atoms with E-state index in [-0.39, 0.29) is 5.91 Å². The van der Waals surface area contributed by atoms with Gasteiger partial charge < -0.3 is 10.6 Å². The molecule has 1 saturated carbocycles. The van der Waals surface area contributed by atoms with Gasteiger partial charge in [-0.3, -0.25) is 4.79 Å². The molecule has 3 nitrogen and oxygen atoms in total. The van der Waals surface area contributed by atoms with E-state index in [0.29, 0.717) is 11.8 Å². The molecule has 2 rings (SSSR count). The Morgan fingerprint density at radius 2 is 2.13 bits per heavy atom. The molecule has 86 valence electrons. The van der Waals surface area contributed by atoms with Gasteiger partial charge in [-0.05, 0) is 38.0 Å². The van der Waals surface area contributed by atoms with E-state index in [2.05, 4.69) is 6.92 Å². The van der Waals surface area contributed by atoms with Gasteiger partial charge in [0.25, 0.3) is 0 Å². The molecule has 15 heavy (non-hydrogen) atoms. The van der Waals surface area contributed by atoms with Crippen LogP contribution in [0.15, 0.2) is 0 Å². The van der Waals surface area contributed by atoms with Gasteiger partial charge in [-0.15, -0.1) is 0 Å². The molecule has 3 heteroatoms. The smallest absolute Gasteiger partial charge is 0.242 e. The molecule has 0 aromatic rings. The maximum Gasteiger partial charge on any atom is 0.242 e. The minimum atomic E-state index is -0.595. The molecule has 1 aliphatic heterocycles. The van der Waals surface area contributed by atoms with Crippen molar-refractivity contribution in [2.24, 2.45) is 17.6 Å². The van der Waals surface area contributed by atoms with Crippen LogP contribution < -0.4 is 5.73 Å². The number of nitrogens with zero attached hydrogens (tertiary/aromatic N) is 1. The van der Waals surface area contributed by atoms with Gasteiger partial charge in [0.15, 0.2) is 0 Å². The highest BCUT2D eigenvalue weighted by atomic mass is 16.2. The molecule has 2 N–H and O–H groups in total. The van der Waals surface area contributed by atoms with E-state index >= 15 is 0 Å². The normalized spacial score (nSPS) is 30.3. The average molecular weight is 210 g/mol. The number of carbonyl (C=O) groups is 1. The first kappa shape index (κ1) is 10.9. The van der Waals surface area contributed by atoms with E-state index in [9.17, 15) is 4.79 Å². The fourth-order valence-electron chi connectivity index (χ4n) is 2.55. The first-order valence-corrected chi connectivity index (χ1v) is 6.14. The Labute approximate surface area is 92.0 Å². The zero-order chi connectivity index (χ0) is 11.1. The minimum absolute atomic E-state index is 0.181. The standard InChI is InChI=1S/C12H22N2O/c1-3-9-6-7-14(8-9)11(15)12(2,13)10-4-5-10/h9-10H,3-8,13H2,1-2H3. The van der Waals surface area contributed by atoms with Crippen molar-refractivity contribution in [1.82, 2.24) is 4.90 Å².